The monoisotopic (exact) mass is 416 g/mol. The topological polar surface area (TPSA) is 66.5 Å². The van der Waals surface area contributed by atoms with Crippen molar-refractivity contribution < 1.29 is 9.53 Å². The molecule has 2 aromatic carbocycles. The summed E-state index contributed by atoms with van der Waals surface area (Å²) in [6.45, 7) is 5.91. The number of anilines is 3. The fourth-order valence-corrected chi connectivity index (χ4v) is 3.66. The third kappa shape index (κ3) is 5.41. The van der Waals surface area contributed by atoms with Crippen LogP contribution in [0.2, 0.25) is 0 Å². The van der Waals surface area contributed by atoms with E-state index in [9.17, 15) is 4.79 Å². The van der Waals surface area contributed by atoms with Crippen LogP contribution in [0.25, 0.3) is 0 Å². The molecule has 1 amide bonds. The van der Waals surface area contributed by atoms with Crippen LogP contribution in [0.5, 0.6) is 0 Å². The zero-order valence-corrected chi connectivity index (χ0v) is 17.8. The minimum absolute atomic E-state index is 0.142. The molecule has 0 radical (unpaired) electrons. The first-order valence-corrected chi connectivity index (χ1v) is 10.7. The van der Waals surface area contributed by atoms with Crippen LogP contribution in [0, 0.1) is 0 Å². The van der Waals surface area contributed by atoms with Crippen molar-refractivity contribution in [2.75, 3.05) is 41.8 Å². The number of benzene rings is 2. The molecular weight excluding hydrogens is 388 g/mol. The molecular formula is C25H28N4O2. The molecule has 0 unspecified atom stereocenters. The van der Waals surface area contributed by atoms with Gasteiger partial charge in [-0.05, 0) is 47.9 Å². The van der Waals surface area contributed by atoms with E-state index in [1.807, 2.05) is 42.5 Å². The number of nitrogens with one attached hydrogen (secondary N) is 2. The molecule has 0 bridgehead atoms. The molecule has 1 fully saturated rings. The van der Waals surface area contributed by atoms with Crippen molar-refractivity contribution in [3.63, 3.8) is 0 Å². The number of para-hydroxylation sites is 1. The summed E-state index contributed by atoms with van der Waals surface area (Å²) in [6.07, 6.45) is 2.68. The molecule has 1 aromatic heterocycles. The number of carbonyl (C=O) groups excluding carboxylic acids is 1. The predicted octanol–water partition coefficient (Wildman–Crippen LogP) is 4.35. The average Bonchev–Trinajstić information content (AvgIpc) is 2.84. The zero-order valence-electron chi connectivity index (χ0n) is 17.8. The van der Waals surface area contributed by atoms with Gasteiger partial charge in [-0.25, -0.2) is 4.98 Å². The Morgan fingerprint density at radius 2 is 1.90 bits per heavy atom. The molecule has 0 atom stereocenters. The number of amides is 1. The van der Waals surface area contributed by atoms with E-state index in [0.29, 0.717) is 17.8 Å². The summed E-state index contributed by atoms with van der Waals surface area (Å²) in [5.74, 6) is 0.762. The van der Waals surface area contributed by atoms with Crippen molar-refractivity contribution in [2.45, 2.75) is 19.9 Å². The molecule has 3 aromatic rings. The second-order valence-corrected chi connectivity index (χ2v) is 7.52. The summed E-state index contributed by atoms with van der Waals surface area (Å²) in [5, 5.41) is 6.42. The Morgan fingerprint density at radius 1 is 1.06 bits per heavy atom. The van der Waals surface area contributed by atoms with Crippen molar-refractivity contribution in [3.8, 4) is 0 Å². The number of aromatic nitrogens is 1. The Labute approximate surface area is 183 Å². The van der Waals surface area contributed by atoms with Crippen LogP contribution >= 0.6 is 0 Å². The van der Waals surface area contributed by atoms with Crippen LogP contribution in [-0.2, 0) is 17.7 Å². The largest absolute Gasteiger partial charge is 0.381 e. The highest BCUT2D eigenvalue weighted by molar-refractivity contribution is 6.04. The lowest BCUT2D eigenvalue weighted by molar-refractivity contribution is 0.102. The van der Waals surface area contributed by atoms with E-state index in [1.165, 1.54) is 5.56 Å². The standard InChI is InChI=1S/C25H28N4O2/c1-2-20-7-3-4-9-23(20)26-17-19-6-5-8-21(16-19)25(30)28-22-10-11-24(27-18-22)29-12-14-31-15-13-29/h3-11,16,18,26H,2,12-15,17H2,1H3,(H,28,30). The highest BCUT2D eigenvalue weighted by Crippen LogP contribution is 2.18. The molecule has 6 nitrogen and oxygen atoms in total. The maximum Gasteiger partial charge on any atom is 0.255 e. The molecule has 6 heteroatoms. The molecule has 1 aliphatic heterocycles. The van der Waals surface area contributed by atoms with Crippen LogP contribution < -0.4 is 15.5 Å². The molecule has 1 saturated heterocycles. The molecule has 2 N–H and O–H groups in total. The molecule has 1 aliphatic rings. The lowest BCUT2D eigenvalue weighted by atomic mass is 10.1. The van der Waals surface area contributed by atoms with Gasteiger partial charge < -0.3 is 20.3 Å². The highest BCUT2D eigenvalue weighted by Gasteiger charge is 2.13. The van der Waals surface area contributed by atoms with Gasteiger partial charge in [-0.3, -0.25) is 4.79 Å². The van der Waals surface area contributed by atoms with E-state index >= 15 is 0 Å². The second-order valence-electron chi connectivity index (χ2n) is 7.52. The second kappa shape index (κ2) is 10.1. The van der Waals surface area contributed by atoms with Crippen molar-refractivity contribution in [2.24, 2.45) is 0 Å². The van der Waals surface area contributed by atoms with Gasteiger partial charge in [-0.15, -0.1) is 0 Å². The first-order chi connectivity index (χ1) is 15.2. The van der Waals surface area contributed by atoms with Gasteiger partial charge in [0, 0.05) is 30.9 Å². The van der Waals surface area contributed by atoms with Gasteiger partial charge in [0.2, 0.25) is 0 Å². The van der Waals surface area contributed by atoms with Crippen LogP contribution in [0.15, 0.2) is 66.9 Å². The Hall–Kier alpha value is -3.38. The van der Waals surface area contributed by atoms with Crippen molar-refractivity contribution in [1.82, 2.24) is 4.98 Å². The van der Waals surface area contributed by atoms with Gasteiger partial charge in [0.25, 0.3) is 5.91 Å². The lowest BCUT2D eigenvalue weighted by Gasteiger charge is -2.27. The summed E-state index contributed by atoms with van der Waals surface area (Å²) in [6, 6.07) is 19.8. The van der Waals surface area contributed by atoms with Gasteiger partial charge in [-0.1, -0.05) is 37.3 Å². The van der Waals surface area contributed by atoms with E-state index in [-0.39, 0.29) is 5.91 Å². The maximum atomic E-state index is 12.7. The smallest absolute Gasteiger partial charge is 0.255 e. The van der Waals surface area contributed by atoms with E-state index in [4.69, 9.17) is 4.74 Å². The van der Waals surface area contributed by atoms with Crippen molar-refractivity contribution in [3.05, 3.63) is 83.6 Å². The lowest BCUT2D eigenvalue weighted by Crippen LogP contribution is -2.36. The summed E-state index contributed by atoms with van der Waals surface area (Å²) in [4.78, 5) is 19.4. The Balaban J connectivity index is 1.37. The number of morpholine rings is 1. The van der Waals surface area contributed by atoms with Crippen molar-refractivity contribution >= 4 is 23.1 Å². The average molecular weight is 417 g/mol. The summed E-state index contributed by atoms with van der Waals surface area (Å²) in [5.41, 5.74) is 4.78. The molecule has 160 valence electrons. The van der Waals surface area contributed by atoms with Gasteiger partial charge >= 0.3 is 0 Å². The van der Waals surface area contributed by atoms with E-state index in [1.54, 1.807) is 6.20 Å². The van der Waals surface area contributed by atoms with E-state index in [0.717, 1.165) is 49.8 Å². The van der Waals surface area contributed by atoms with Gasteiger partial charge in [0.15, 0.2) is 0 Å². The fraction of sp³-hybridized carbons (Fsp3) is 0.280. The minimum atomic E-state index is -0.142. The number of rotatable bonds is 7. The number of nitrogens with zero attached hydrogens (tertiary/aromatic N) is 2. The summed E-state index contributed by atoms with van der Waals surface area (Å²) < 4.78 is 5.38. The number of carbonyl (C=O) groups is 1. The summed E-state index contributed by atoms with van der Waals surface area (Å²) >= 11 is 0. The fourth-order valence-electron chi connectivity index (χ4n) is 3.66. The molecule has 31 heavy (non-hydrogen) atoms. The van der Waals surface area contributed by atoms with Crippen LogP contribution in [-0.4, -0.2) is 37.2 Å². The molecule has 0 saturated carbocycles. The minimum Gasteiger partial charge on any atom is -0.381 e. The van der Waals surface area contributed by atoms with Gasteiger partial charge in [0.05, 0.1) is 25.1 Å². The first kappa shape index (κ1) is 20.9. The Bertz CT molecular complexity index is 1010. The molecule has 0 aliphatic carbocycles. The zero-order chi connectivity index (χ0) is 21.5. The quantitative estimate of drug-likeness (QED) is 0.600. The van der Waals surface area contributed by atoms with E-state index < -0.39 is 0 Å². The molecule has 0 spiro atoms. The third-order valence-corrected chi connectivity index (χ3v) is 5.41. The molecule has 4 rings (SSSR count). The maximum absolute atomic E-state index is 12.7. The van der Waals surface area contributed by atoms with Crippen LogP contribution in [0.3, 0.4) is 0 Å². The number of hydrogen-bond acceptors (Lipinski definition) is 5. The molecule has 2 heterocycles. The Morgan fingerprint density at radius 3 is 2.68 bits per heavy atom. The predicted molar refractivity (Wildman–Crippen MR) is 125 cm³/mol. The van der Waals surface area contributed by atoms with Gasteiger partial charge in [-0.2, -0.15) is 0 Å². The van der Waals surface area contributed by atoms with E-state index in [2.05, 4.69) is 45.6 Å². The SMILES string of the molecule is CCc1ccccc1NCc1cccc(C(=O)Nc2ccc(N3CCOCC3)nc2)c1. The summed E-state index contributed by atoms with van der Waals surface area (Å²) in [7, 11) is 0. The third-order valence-electron chi connectivity index (χ3n) is 5.41. The van der Waals surface area contributed by atoms with Gasteiger partial charge in [0.1, 0.15) is 5.82 Å². The normalized spacial score (nSPS) is 13.6. The Kier molecular flexibility index (Phi) is 6.79. The number of aryl methyl sites for hydroxylation is 1. The van der Waals surface area contributed by atoms with Crippen LogP contribution in [0.4, 0.5) is 17.2 Å². The number of ether oxygens (including phenoxy) is 1. The van der Waals surface area contributed by atoms with Crippen LogP contribution in [0.1, 0.15) is 28.4 Å². The first-order valence-electron chi connectivity index (χ1n) is 10.7. The van der Waals surface area contributed by atoms with Crippen molar-refractivity contribution in [1.29, 1.82) is 0 Å². The number of hydrogen-bond donors (Lipinski definition) is 2. The highest BCUT2D eigenvalue weighted by atomic mass is 16.5. The number of pyridine rings is 1.